The van der Waals surface area contributed by atoms with Crippen molar-refractivity contribution in [1.29, 1.82) is 0 Å². The molecule has 1 fully saturated rings. The van der Waals surface area contributed by atoms with Crippen molar-refractivity contribution in [1.82, 2.24) is 15.0 Å². The lowest BCUT2D eigenvalue weighted by atomic mass is 10.2. The molecule has 1 saturated heterocycles. The summed E-state index contributed by atoms with van der Waals surface area (Å²) in [4.78, 5) is 12.2. The molecule has 0 aliphatic carbocycles. The van der Waals surface area contributed by atoms with E-state index in [0.29, 0.717) is 0 Å². The molecule has 0 bridgehead atoms. The van der Waals surface area contributed by atoms with Crippen LogP contribution in [0.4, 0.5) is 5.82 Å². The maximum Gasteiger partial charge on any atom is 0.153 e. The highest BCUT2D eigenvalue weighted by molar-refractivity contribution is 6.08. The lowest BCUT2D eigenvalue weighted by Crippen LogP contribution is -2.19. The second-order valence-electron chi connectivity index (χ2n) is 5.50. The summed E-state index contributed by atoms with van der Waals surface area (Å²) < 4.78 is 10.9. The number of methoxy groups -OCH3 is 1. The predicted molar refractivity (Wildman–Crippen MR) is 85.4 cm³/mol. The van der Waals surface area contributed by atoms with Crippen LogP contribution in [0.15, 0.2) is 24.5 Å². The van der Waals surface area contributed by atoms with Crippen molar-refractivity contribution >= 4 is 27.8 Å². The first-order valence-electron chi connectivity index (χ1n) is 7.51. The average molecular weight is 298 g/mol. The smallest absolute Gasteiger partial charge is 0.153 e. The molecule has 6 nitrogen and oxygen atoms in total. The molecule has 0 radical (unpaired) electrons. The number of aromatic amines is 1. The third kappa shape index (κ3) is 2.25. The van der Waals surface area contributed by atoms with Gasteiger partial charge < -0.3 is 19.8 Å². The maximum atomic E-state index is 5.64. The second-order valence-corrected chi connectivity index (χ2v) is 5.50. The Labute approximate surface area is 127 Å². The third-order valence-electron chi connectivity index (χ3n) is 4.11. The molecule has 0 saturated carbocycles. The van der Waals surface area contributed by atoms with Crippen LogP contribution in [0.5, 0.6) is 5.75 Å². The number of hydrogen-bond acceptors (Lipinski definition) is 5. The second kappa shape index (κ2) is 5.46. The van der Waals surface area contributed by atoms with Crippen LogP contribution >= 0.6 is 0 Å². The zero-order valence-electron chi connectivity index (χ0n) is 12.4. The number of rotatable bonds is 4. The topological polar surface area (TPSA) is 72.1 Å². The molecule has 4 rings (SSSR count). The fraction of sp³-hybridized carbons (Fsp3) is 0.375. The van der Waals surface area contributed by atoms with Gasteiger partial charge in [-0.1, -0.05) is 0 Å². The Hall–Kier alpha value is -2.34. The molecular weight excluding hydrogens is 280 g/mol. The zero-order valence-corrected chi connectivity index (χ0v) is 12.4. The number of nitrogens with one attached hydrogen (secondary N) is 2. The van der Waals surface area contributed by atoms with Gasteiger partial charge in [-0.2, -0.15) is 0 Å². The Kier molecular flexibility index (Phi) is 3.31. The van der Waals surface area contributed by atoms with Crippen molar-refractivity contribution in [3.8, 4) is 5.75 Å². The number of benzene rings is 1. The van der Waals surface area contributed by atoms with Gasteiger partial charge >= 0.3 is 0 Å². The van der Waals surface area contributed by atoms with Crippen molar-refractivity contribution in [3.05, 3.63) is 24.5 Å². The van der Waals surface area contributed by atoms with Crippen molar-refractivity contribution in [2.45, 2.75) is 18.9 Å². The zero-order chi connectivity index (χ0) is 14.9. The molecule has 1 aromatic carbocycles. The highest BCUT2D eigenvalue weighted by atomic mass is 16.5. The van der Waals surface area contributed by atoms with Crippen molar-refractivity contribution < 1.29 is 9.47 Å². The number of fused-ring (bicyclic) bond motifs is 3. The van der Waals surface area contributed by atoms with Gasteiger partial charge in [-0.25, -0.2) is 9.97 Å². The highest BCUT2D eigenvalue weighted by Gasteiger charge is 2.17. The number of ether oxygens (including phenoxy) is 2. The summed E-state index contributed by atoms with van der Waals surface area (Å²) in [6, 6.07) is 5.93. The van der Waals surface area contributed by atoms with Gasteiger partial charge in [-0.05, 0) is 31.0 Å². The maximum absolute atomic E-state index is 5.64. The number of H-pyrrole nitrogens is 1. The number of nitrogens with zero attached hydrogens (tertiary/aromatic N) is 2. The van der Waals surface area contributed by atoms with E-state index in [0.717, 1.165) is 59.5 Å². The first-order chi connectivity index (χ1) is 10.8. The number of anilines is 1. The highest BCUT2D eigenvalue weighted by Crippen LogP contribution is 2.30. The number of hydrogen-bond donors (Lipinski definition) is 2. The van der Waals surface area contributed by atoms with E-state index >= 15 is 0 Å². The molecule has 1 atom stereocenters. The third-order valence-corrected chi connectivity index (χ3v) is 4.11. The molecule has 2 N–H and O–H groups in total. The van der Waals surface area contributed by atoms with E-state index in [-0.39, 0.29) is 6.10 Å². The molecule has 2 aromatic heterocycles. The van der Waals surface area contributed by atoms with Crippen LogP contribution in [0.3, 0.4) is 0 Å². The summed E-state index contributed by atoms with van der Waals surface area (Å²) in [5.74, 6) is 1.64. The Balaban J connectivity index is 1.72. The van der Waals surface area contributed by atoms with Crippen LogP contribution in [0, 0.1) is 0 Å². The van der Waals surface area contributed by atoms with Crippen LogP contribution < -0.4 is 10.1 Å². The van der Waals surface area contributed by atoms with E-state index < -0.39 is 0 Å². The van der Waals surface area contributed by atoms with Crippen LogP contribution in [-0.4, -0.2) is 41.3 Å². The van der Waals surface area contributed by atoms with Crippen LogP contribution in [0.2, 0.25) is 0 Å². The van der Waals surface area contributed by atoms with Crippen molar-refractivity contribution in [2.75, 3.05) is 25.6 Å². The minimum absolute atomic E-state index is 0.273. The minimum Gasteiger partial charge on any atom is -0.497 e. The Bertz CT molecular complexity index is 808. The van der Waals surface area contributed by atoms with E-state index in [4.69, 9.17) is 9.47 Å². The van der Waals surface area contributed by atoms with Gasteiger partial charge in [0.2, 0.25) is 0 Å². The molecule has 6 heteroatoms. The van der Waals surface area contributed by atoms with Gasteiger partial charge in [0.1, 0.15) is 23.1 Å². The number of aromatic nitrogens is 3. The first kappa shape index (κ1) is 13.3. The van der Waals surface area contributed by atoms with Gasteiger partial charge in [-0.3, -0.25) is 0 Å². The van der Waals surface area contributed by atoms with E-state index in [2.05, 4.69) is 20.3 Å². The summed E-state index contributed by atoms with van der Waals surface area (Å²) in [6.45, 7) is 1.63. The van der Waals surface area contributed by atoms with Crippen molar-refractivity contribution in [3.63, 3.8) is 0 Å². The van der Waals surface area contributed by atoms with Crippen LogP contribution in [0.1, 0.15) is 12.8 Å². The van der Waals surface area contributed by atoms with E-state index in [1.54, 1.807) is 13.4 Å². The van der Waals surface area contributed by atoms with E-state index in [1.807, 2.05) is 18.2 Å². The summed E-state index contributed by atoms with van der Waals surface area (Å²) >= 11 is 0. The van der Waals surface area contributed by atoms with Gasteiger partial charge in [0, 0.05) is 24.1 Å². The fourth-order valence-electron chi connectivity index (χ4n) is 2.95. The molecule has 0 spiro atoms. The monoisotopic (exact) mass is 298 g/mol. The molecule has 1 aliphatic heterocycles. The molecule has 114 valence electrons. The lowest BCUT2D eigenvalue weighted by Gasteiger charge is -2.11. The Morgan fingerprint density at radius 1 is 1.41 bits per heavy atom. The van der Waals surface area contributed by atoms with Gasteiger partial charge in [0.25, 0.3) is 0 Å². The molecule has 0 amide bonds. The summed E-state index contributed by atoms with van der Waals surface area (Å²) in [7, 11) is 1.67. The van der Waals surface area contributed by atoms with Gasteiger partial charge in [0.15, 0.2) is 5.82 Å². The molecule has 22 heavy (non-hydrogen) atoms. The molecule has 3 heterocycles. The van der Waals surface area contributed by atoms with E-state index in [9.17, 15) is 0 Å². The fourth-order valence-corrected chi connectivity index (χ4v) is 2.95. The Morgan fingerprint density at radius 2 is 2.36 bits per heavy atom. The lowest BCUT2D eigenvalue weighted by molar-refractivity contribution is 0.120. The quantitative estimate of drug-likeness (QED) is 0.775. The average Bonchev–Trinajstić information content (AvgIpc) is 3.19. The van der Waals surface area contributed by atoms with E-state index in [1.165, 1.54) is 0 Å². The van der Waals surface area contributed by atoms with Crippen molar-refractivity contribution in [2.24, 2.45) is 0 Å². The molecule has 1 aliphatic rings. The predicted octanol–water partition coefficient (Wildman–Crippen LogP) is 2.71. The Morgan fingerprint density at radius 3 is 3.18 bits per heavy atom. The summed E-state index contributed by atoms with van der Waals surface area (Å²) in [5.41, 5.74) is 2.85. The standard InChI is InChI=1S/C16H18N4O2/c1-21-10-4-5-13-12(7-10)14-15(20-13)16(19-9-18-14)17-8-11-3-2-6-22-11/h4-5,7,9,11,20H,2-3,6,8H2,1H3,(H,17,18,19)/t11-/m1/s1. The normalized spacial score (nSPS) is 18.1. The molecule has 3 aromatic rings. The first-order valence-corrected chi connectivity index (χ1v) is 7.51. The summed E-state index contributed by atoms with van der Waals surface area (Å²) in [6.07, 6.45) is 4.10. The SMILES string of the molecule is COc1ccc2[nH]c3c(NC[C@H]4CCCO4)ncnc3c2c1. The minimum atomic E-state index is 0.273. The largest absolute Gasteiger partial charge is 0.497 e. The van der Waals surface area contributed by atoms with Crippen LogP contribution in [0.25, 0.3) is 21.9 Å². The van der Waals surface area contributed by atoms with Crippen LogP contribution in [-0.2, 0) is 4.74 Å². The summed E-state index contributed by atoms with van der Waals surface area (Å²) in [5, 5.41) is 4.42. The van der Waals surface area contributed by atoms with Gasteiger partial charge in [0.05, 0.1) is 13.2 Å². The molecule has 0 unspecified atom stereocenters. The van der Waals surface area contributed by atoms with Gasteiger partial charge in [-0.15, -0.1) is 0 Å². The molecular formula is C16H18N4O2.